The second kappa shape index (κ2) is 11.1. The van der Waals surface area contributed by atoms with E-state index in [9.17, 15) is 9.59 Å². The lowest BCUT2D eigenvalue weighted by atomic mass is 10.2. The number of carbonyl (C=O) groups is 1. The number of amides is 1. The van der Waals surface area contributed by atoms with E-state index < -0.39 is 0 Å². The normalized spacial score (nSPS) is 18.2. The van der Waals surface area contributed by atoms with Gasteiger partial charge in [0.05, 0.1) is 30.1 Å². The molecule has 2 fully saturated rings. The first kappa shape index (κ1) is 23.7. The monoisotopic (exact) mass is 465 g/mol. The van der Waals surface area contributed by atoms with E-state index in [2.05, 4.69) is 31.1 Å². The van der Waals surface area contributed by atoms with Crippen LogP contribution in [0.5, 0.6) is 0 Å². The van der Waals surface area contributed by atoms with Gasteiger partial charge in [-0.2, -0.15) is 10.4 Å². The maximum atomic E-state index is 12.6. The van der Waals surface area contributed by atoms with Gasteiger partial charge in [0.1, 0.15) is 11.9 Å². The standard InChI is InChI=1S/C24H31N7O3/c1-18-21(16-27-28-24(18)33)31-8-2-4-20(31)17-34-13-3-5-23(32)30-11-9-29(10-12-30)22-7-6-19(14-25)15-26-22/h6-7,15-16,20H,2-5,8-13,17H2,1H3,(H,28,33)/t20-/m0/s1. The Kier molecular flexibility index (Phi) is 7.75. The summed E-state index contributed by atoms with van der Waals surface area (Å²) in [5, 5.41) is 15.3. The number of anilines is 2. The summed E-state index contributed by atoms with van der Waals surface area (Å²) < 4.78 is 5.91. The van der Waals surface area contributed by atoms with Gasteiger partial charge in [-0.25, -0.2) is 10.1 Å². The summed E-state index contributed by atoms with van der Waals surface area (Å²) in [6.45, 7) is 6.63. The Hall–Kier alpha value is -3.45. The van der Waals surface area contributed by atoms with Crippen molar-refractivity contribution in [2.24, 2.45) is 0 Å². The van der Waals surface area contributed by atoms with Crippen molar-refractivity contribution in [2.45, 2.75) is 38.6 Å². The molecule has 0 aliphatic carbocycles. The largest absolute Gasteiger partial charge is 0.379 e. The molecule has 0 unspecified atom stereocenters. The van der Waals surface area contributed by atoms with E-state index in [-0.39, 0.29) is 17.5 Å². The highest BCUT2D eigenvalue weighted by Gasteiger charge is 2.27. The highest BCUT2D eigenvalue weighted by atomic mass is 16.5. The number of ether oxygens (including phenoxy) is 1. The van der Waals surface area contributed by atoms with Crippen molar-refractivity contribution in [3.8, 4) is 6.07 Å². The SMILES string of the molecule is Cc1c(N2CCC[C@H]2COCCCC(=O)N2CCN(c3ccc(C#N)cn3)CC2)cn[nH]c1=O. The molecule has 0 bridgehead atoms. The molecule has 10 nitrogen and oxygen atoms in total. The molecule has 4 heterocycles. The van der Waals surface area contributed by atoms with E-state index in [0.29, 0.717) is 50.3 Å². The number of nitrogens with zero attached hydrogens (tertiary/aromatic N) is 6. The summed E-state index contributed by atoms with van der Waals surface area (Å²) >= 11 is 0. The smallest absolute Gasteiger partial charge is 0.269 e. The molecule has 2 aromatic rings. The molecule has 2 aliphatic heterocycles. The number of aromatic nitrogens is 3. The van der Waals surface area contributed by atoms with Crippen LogP contribution >= 0.6 is 0 Å². The first-order valence-corrected chi connectivity index (χ1v) is 11.8. The molecule has 0 aromatic carbocycles. The maximum Gasteiger partial charge on any atom is 0.269 e. The molecule has 2 saturated heterocycles. The Labute approximate surface area is 199 Å². The van der Waals surface area contributed by atoms with Crippen LogP contribution in [0.2, 0.25) is 0 Å². The summed E-state index contributed by atoms with van der Waals surface area (Å²) in [6, 6.07) is 5.92. The van der Waals surface area contributed by atoms with Gasteiger partial charge in [0.15, 0.2) is 0 Å². The molecule has 0 saturated carbocycles. The molecule has 180 valence electrons. The molecule has 0 spiro atoms. The van der Waals surface area contributed by atoms with Gasteiger partial charge in [0.25, 0.3) is 5.56 Å². The van der Waals surface area contributed by atoms with Crippen LogP contribution in [-0.4, -0.2) is 78.0 Å². The number of piperazine rings is 1. The van der Waals surface area contributed by atoms with Crippen LogP contribution in [0.15, 0.2) is 29.3 Å². The third kappa shape index (κ3) is 5.54. The van der Waals surface area contributed by atoms with Gasteiger partial charge < -0.3 is 19.4 Å². The van der Waals surface area contributed by atoms with E-state index in [0.717, 1.165) is 44.0 Å². The number of nitrogens with one attached hydrogen (secondary N) is 1. The van der Waals surface area contributed by atoms with Crippen molar-refractivity contribution in [2.75, 3.05) is 55.7 Å². The zero-order chi connectivity index (χ0) is 23.9. The topological polar surface area (TPSA) is 118 Å². The molecule has 1 amide bonds. The minimum atomic E-state index is -0.156. The number of hydrogen-bond acceptors (Lipinski definition) is 8. The minimum absolute atomic E-state index is 0.156. The third-order valence-corrected chi connectivity index (χ3v) is 6.59. The van der Waals surface area contributed by atoms with Gasteiger partial charge in [-0.05, 0) is 38.3 Å². The second-order valence-corrected chi connectivity index (χ2v) is 8.76. The molecular weight excluding hydrogens is 434 g/mol. The van der Waals surface area contributed by atoms with Crippen molar-refractivity contribution >= 4 is 17.4 Å². The second-order valence-electron chi connectivity index (χ2n) is 8.76. The first-order valence-electron chi connectivity index (χ1n) is 11.8. The van der Waals surface area contributed by atoms with Gasteiger partial charge in [0, 0.05) is 57.5 Å². The zero-order valence-corrected chi connectivity index (χ0v) is 19.6. The van der Waals surface area contributed by atoms with Gasteiger partial charge in [-0.3, -0.25) is 9.59 Å². The fourth-order valence-electron chi connectivity index (χ4n) is 4.59. The van der Waals surface area contributed by atoms with Crippen LogP contribution in [-0.2, 0) is 9.53 Å². The number of pyridine rings is 1. The lowest BCUT2D eigenvalue weighted by Gasteiger charge is -2.35. The Morgan fingerprint density at radius 3 is 2.79 bits per heavy atom. The first-order chi connectivity index (χ1) is 16.6. The molecule has 1 atom stereocenters. The van der Waals surface area contributed by atoms with Crippen LogP contribution in [0.1, 0.15) is 36.8 Å². The van der Waals surface area contributed by atoms with Crippen LogP contribution < -0.4 is 15.4 Å². The predicted molar refractivity (Wildman–Crippen MR) is 128 cm³/mol. The Morgan fingerprint density at radius 2 is 2.06 bits per heavy atom. The van der Waals surface area contributed by atoms with Crippen molar-refractivity contribution in [3.63, 3.8) is 0 Å². The Morgan fingerprint density at radius 1 is 1.24 bits per heavy atom. The molecule has 10 heteroatoms. The number of nitriles is 1. The fourth-order valence-corrected chi connectivity index (χ4v) is 4.59. The molecule has 1 N–H and O–H groups in total. The van der Waals surface area contributed by atoms with Gasteiger partial charge >= 0.3 is 0 Å². The lowest BCUT2D eigenvalue weighted by molar-refractivity contribution is -0.131. The summed E-state index contributed by atoms with van der Waals surface area (Å²) in [7, 11) is 0. The number of hydrogen-bond donors (Lipinski definition) is 1. The van der Waals surface area contributed by atoms with Crippen LogP contribution in [0, 0.1) is 18.3 Å². The Balaban J connectivity index is 1.15. The predicted octanol–water partition coefficient (Wildman–Crippen LogP) is 1.46. The summed E-state index contributed by atoms with van der Waals surface area (Å²) in [5.74, 6) is 0.996. The highest BCUT2D eigenvalue weighted by molar-refractivity contribution is 5.76. The van der Waals surface area contributed by atoms with Crippen molar-refractivity contribution in [1.29, 1.82) is 5.26 Å². The zero-order valence-electron chi connectivity index (χ0n) is 19.6. The highest BCUT2D eigenvalue weighted by Crippen LogP contribution is 2.26. The van der Waals surface area contributed by atoms with Gasteiger partial charge in [-0.1, -0.05) is 0 Å². The average molecular weight is 466 g/mol. The maximum absolute atomic E-state index is 12.6. The molecular formula is C24H31N7O3. The summed E-state index contributed by atoms with van der Waals surface area (Å²) in [4.78, 5) is 35.1. The van der Waals surface area contributed by atoms with E-state index in [1.807, 2.05) is 17.9 Å². The quantitative estimate of drug-likeness (QED) is 0.582. The lowest BCUT2D eigenvalue weighted by Crippen LogP contribution is -2.49. The van der Waals surface area contributed by atoms with Crippen LogP contribution in [0.3, 0.4) is 0 Å². The van der Waals surface area contributed by atoms with Gasteiger partial charge in [0.2, 0.25) is 5.91 Å². The number of rotatable bonds is 8. The number of H-pyrrole nitrogens is 1. The van der Waals surface area contributed by atoms with Crippen molar-refractivity contribution in [1.82, 2.24) is 20.1 Å². The average Bonchev–Trinajstić information content (AvgIpc) is 3.34. The van der Waals surface area contributed by atoms with Crippen LogP contribution in [0.4, 0.5) is 11.5 Å². The molecule has 0 radical (unpaired) electrons. The molecule has 2 aromatic heterocycles. The van der Waals surface area contributed by atoms with Crippen LogP contribution in [0.25, 0.3) is 0 Å². The minimum Gasteiger partial charge on any atom is -0.379 e. The van der Waals surface area contributed by atoms with E-state index in [1.165, 1.54) is 0 Å². The van der Waals surface area contributed by atoms with Crippen molar-refractivity contribution in [3.05, 3.63) is 46.0 Å². The van der Waals surface area contributed by atoms with E-state index >= 15 is 0 Å². The van der Waals surface area contributed by atoms with Crippen molar-refractivity contribution < 1.29 is 9.53 Å². The molecule has 2 aliphatic rings. The fraction of sp³-hybridized carbons (Fsp3) is 0.542. The third-order valence-electron chi connectivity index (χ3n) is 6.59. The summed E-state index contributed by atoms with van der Waals surface area (Å²) in [5.41, 5.74) is 1.95. The molecule has 34 heavy (non-hydrogen) atoms. The van der Waals surface area contributed by atoms with Gasteiger partial charge in [-0.15, -0.1) is 0 Å². The number of carbonyl (C=O) groups excluding carboxylic acids is 1. The Bertz CT molecular complexity index is 1070. The van der Waals surface area contributed by atoms with E-state index in [1.54, 1.807) is 18.5 Å². The molecule has 4 rings (SSSR count). The summed E-state index contributed by atoms with van der Waals surface area (Å²) in [6.07, 6.45) is 6.53. The van der Waals surface area contributed by atoms with E-state index in [4.69, 9.17) is 10.00 Å². The number of aromatic amines is 1.